The number of rotatable bonds is 3. The number of hydrogen-bond acceptors (Lipinski definition) is 2. The number of alkyl halides is 3. The van der Waals surface area contributed by atoms with Crippen molar-refractivity contribution in [3.63, 3.8) is 0 Å². The predicted molar refractivity (Wildman–Crippen MR) is 64.1 cm³/mol. The van der Waals surface area contributed by atoms with Gasteiger partial charge in [-0.15, -0.1) is 0 Å². The van der Waals surface area contributed by atoms with Crippen molar-refractivity contribution in [2.24, 2.45) is 0 Å². The van der Waals surface area contributed by atoms with Crippen molar-refractivity contribution in [3.8, 4) is 0 Å². The maximum atomic E-state index is 12.8. The van der Waals surface area contributed by atoms with Gasteiger partial charge in [0.05, 0.1) is 11.1 Å². The van der Waals surface area contributed by atoms with Crippen LogP contribution in [0.1, 0.15) is 31.8 Å². The molecule has 1 amide bonds. The number of amides is 1. The van der Waals surface area contributed by atoms with Crippen LogP contribution in [0.4, 0.5) is 13.2 Å². The predicted octanol–water partition coefficient (Wildman–Crippen LogP) is 2.74. The summed E-state index contributed by atoms with van der Waals surface area (Å²) in [5.41, 5.74) is -1.59. The first-order chi connectivity index (χ1) is 8.73. The zero-order valence-electron chi connectivity index (χ0n) is 10.4. The Hall–Kier alpha value is -2.11. The molecule has 19 heavy (non-hydrogen) atoms. The van der Waals surface area contributed by atoms with Crippen LogP contribution in [-0.2, 0) is 6.18 Å². The van der Waals surface area contributed by atoms with Crippen LogP contribution in [0.3, 0.4) is 0 Å². The van der Waals surface area contributed by atoms with Crippen molar-refractivity contribution >= 4 is 11.7 Å². The number of carbonyl (C=O) groups excluding carboxylic acids is 2. The van der Waals surface area contributed by atoms with Gasteiger partial charge in [-0.3, -0.25) is 9.59 Å². The topological polar surface area (TPSA) is 46.2 Å². The first-order valence-corrected chi connectivity index (χ1v) is 5.33. The van der Waals surface area contributed by atoms with Crippen LogP contribution in [0.15, 0.2) is 24.8 Å². The van der Waals surface area contributed by atoms with E-state index in [1.165, 1.54) is 7.05 Å². The van der Waals surface area contributed by atoms with Crippen molar-refractivity contribution < 1.29 is 22.8 Å². The second kappa shape index (κ2) is 5.26. The highest BCUT2D eigenvalue weighted by Crippen LogP contribution is 2.34. The largest absolute Gasteiger partial charge is 0.416 e. The third-order valence-electron chi connectivity index (χ3n) is 2.67. The molecule has 0 spiro atoms. The summed E-state index contributed by atoms with van der Waals surface area (Å²) < 4.78 is 38.3. The van der Waals surface area contributed by atoms with Gasteiger partial charge in [0.15, 0.2) is 5.78 Å². The van der Waals surface area contributed by atoms with Gasteiger partial charge in [-0.25, -0.2) is 0 Å². The second-order valence-electron chi connectivity index (χ2n) is 3.81. The lowest BCUT2D eigenvalue weighted by Gasteiger charge is -2.15. The number of hydrogen-bond donors (Lipinski definition) is 1. The minimum atomic E-state index is -4.58. The molecule has 102 valence electrons. The fourth-order valence-electron chi connectivity index (χ4n) is 1.76. The van der Waals surface area contributed by atoms with E-state index in [2.05, 4.69) is 11.9 Å². The molecule has 0 radical (unpaired) electrons. The van der Waals surface area contributed by atoms with Crippen molar-refractivity contribution in [2.45, 2.75) is 13.1 Å². The average Bonchev–Trinajstić information content (AvgIpc) is 2.34. The number of ketones is 1. The molecule has 0 unspecified atom stereocenters. The number of halogens is 3. The Labute approximate surface area is 108 Å². The van der Waals surface area contributed by atoms with Crippen LogP contribution >= 0.6 is 0 Å². The molecule has 6 heteroatoms. The van der Waals surface area contributed by atoms with Gasteiger partial charge in [0.2, 0.25) is 0 Å². The minimum Gasteiger partial charge on any atom is -0.355 e. The van der Waals surface area contributed by atoms with Crippen molar-refractivity contribution in [1.29, 1.82) is 0 Å². The SMILES string of the molecule is C=CC(=O)c1c(C(=O)NC)ccc(C(F)(F)F)c1C. The molecule has 1 N–H and O–H groups in total. The molecule has 0 fully saturated rings. The molecule has 1 aromatic carbocycles. The summed E-state index contributed by atoms with van der Waals surface area (Å²) in [4.78, 5) is 23.3. The van der Waals surface area contributed by atoms with E-state index in [0.717, 1.165) is 25.1 Å². The fourth-order valence-corrected chi connectivity index (χ4v) is 1.76. The van der Waals surface area contributed by atoms with Gasteiger partial charge in [0.1, 0.15) is 0 Å². The average molecular weight is 271 g/mol. The molecule has 0 aliphatic heterocycles. The Bertz CT molecular complexity index is 548. The molecule has 0 heterocycles. The summed E-state index contributed by atoms with van der Waals surface area (Å²) >= 11 is 0. The summed E-state index contributed by atoms with van der Waals surface area (Å²) in [7, 11) is 1.33. The molecule has 0 saturated carbocycles. The minimum absolute atomic E-state index is 0.0992. The monoisotopic (exact) mass is 271 g/mol. The van der Waals surface area contributed by atoms with E-state index < -0.39 is 23.4 Å². The first-order valence-electron chi connectivity index (χ1n) is 5.33. The fraction of sp³-hybridized carbons (Fsp3) is 0.231. The van der Waals surface area contributed by atoms with Crippen molar-refractivity contribution in [1.82, 2.24) is 5.32 Å². The molecule has 0 aliphatic rings. The van der Waals surface area contributed by atoms with Gasteiger partial charge in [0.25, 0.3) is 5.91 Å². The second-order valence-corrected chi connectivity index (χ2v) is 3.81. The molecule has 0 aliphatic carbocycles. The smallest absolute Gasteiger partial charge is 0.355 e. The third kappa shape index (κ3) is 2.83. The molecule has 3 nitrogen and oxygen atoms in total. The third-order valence-corrected chi connectivity index (χ3v) is 2.67. The summed E-state index contributed by atoms with van der Waals surface area (Å²) in [6, 6.07) is 1.78. The van der Waals surface area contributed by atoms with Crippen LogP contribution in [-0.4, -0.2) is 18.7 Å². The van der Waals surface area contributed by atoms with E-state index >= 15 is 0 Å². The Balaban J connectivity index is 3.63. The summed E-state index contributed by atoms with van der Waals surface area (Å²) in [5, 5.41) is 2.28. The molecule has 0 bridgehead atoms. The van der Waals surface area contributed by atoms with Crippen LogP contribution in [0.25, 0.3) is 0 Å². The maximum absolute atomic E-state index is 12.8. The van der Waals surface area contributed by atoms with Crippen LogP contribution < -0.4 is 5.32 Å². The Morgan fingerprint density at radius 2 is 1.89 bits per heavy atom. The summed E-state index contributed by atoms with van der Waals surface area (Å²) in [6.45, 7) is 4.39. The lowest BCUT2D eigenvalue weighted by Crippen LogP contribution is -2.23. The van der Waals surface area contributed by atoms with Gasteiger partial charge < -0.3 is 5.32 Å². The summed E-state index contributed by atoms with van der Waals surface area (Å²) in [6.07, 6.45) is -3.70. The van der Waals surface area contributed by atoms with Crippen LogP contribution in [0, 0.1) is 6.92 Å². The van der Waals surface area contributed by atoms with E-state index in [4.69, 9.17) is 0 Å². The zero-order valence-corrected chi connectivity index (χ0v) is 10.4. The Kier molecular flexibility index (Phi) is 4.14. The number of benzene rings is 1. The van der Waals surface area contributed by atoms with Crippen LogP contribution in [0.2, 0.25) is 0 Å². The molecular weight excluding hydrogens is 259 g/mol. The zero-order chi connectivity index (χ0) is 14.8. The van der Waals surface area contributed by atoms with E-state index in [1.807, 2.05) is 0 Å². The Morgan fingerprint density at radius 1 is 1.32 bits per heavy atom. The van der Waals surface area contributed by atoms with Gasteiger partial charge >= 0.3 is 6.18 Å². The van der Waals surface area contributed by atoms with Crippen molar-refractivity contribution in [3.05, 3.63) is 47.0 Å². The van der Waals surface area contributed by atoms with E-state index in [0.29, 0.717) is 0 Å². The van der Waals surface area contributed by atoms with Crippen LogP contribution in [0.5, 0.6) is 0 Å². The molecule has 0 atom stereocenters. The van der Waals surface area contributed by atoms with E-state index in [-0.39, 0.29) is 16.7 Å². The molecule has 1 aromatic rings. The Morgan fingerprint density at radius 3 is 2.32 bits per heavy atom. The molecule has 0 aromatic heterocycles. The van der Waals surface area contributed by atoms with Gasteiger partial charge in [-0.1, -0.05) is 6.58 Å². The van der Waals surface area contributed by atoms with Gasteiger partial charge in [-0.2, -0.15) is 13.2 Å². The molecule has 1 rings (SSSR count). The standard InChI is InChI=1S/C13H12F3NO2/c1-4-10(18)11-7(2)9(13(14,15)16)6-5-8(11)12(19)17-3/h4-6H,1H2,2-3H3,(H,17,19). The van der Waals surface area contributed by atoms with Crippen molar-refractivity contribution in [2.75, 3.05) is 7.05 Å². The quantitative estimate of drug-likeness (QED) is 0.678. The normalized spacial score (nSPS) is 11.0. The highest BCUT2D eigenvalue weighted by molar-refractivity contribution is 6.13. The van der Waals surface area contributed by atoms with Gasteiger partial charge in [0, 0.05) is 12.6 Å². The maximum Gasteiger partial charge on any atom is 0.416 e. The number of carbonyl (C=O) groups is 2. The van der Waals surface area contributed by atoms with E-state index in [1.54, 1.807) is 0 Å². The van der Waals surface area contributed by atoms with E-state index in [9.17, 15) is 22.8 Å². The molecular formula is C13H12F3NO2. The number of nitrogens with one attached hydrogen (secondary N) is 1. The van der Waals surface area contributed by atoms with Gasteiger partial charge in [-0.05, 0) is 30.7 Å². The molecule has 0 saturated heterocycles. The highest BCUT2D eigenvalue weighted by Gasteiger charge is 2.34. The number of allylic oxidation sites excluding steroid dienone is 1. The lowest BCUT2D eigenvalue weighted by molar-refractivity contribution is -0.138. The lowest BCUT2D eigenvalue weighted by atomic mass is 9.93. The highest BCUT2D eigenvalue weighted by atomic mass is 19.4. The summed E-state index contributed by atoms with van der Waals surface area (Å²) in [5.74, 6) is -1.34. The first kappa shape index (κ1) is 14.9.